The van der Waals surface area contributed by atoms with E-state index in [0.717, 1.165) is 50.3 Å². The van der Waals surface area contributed by atoms with Gasteiger partial charge in [0, 0.05) is 68.8 Å². The maximum absolute atomic E-state index is 13.2. The number of hydrogen-bond acceptors (Lipinski definition) is 5. The van der Waals surface area contributed by atoms with Crippen molar-refractivity contribution < 1.29 is 9.18 Å². The van der Waals surface area contributed by atoms with E-state index >= 15 is 0 Å². The van der Waals surface area contributed by atoms with Gasteiger partial charge in [-0.1, -0.05) is 42.1 Å². The van der Waals surface area contributed by atoms with Gasteiger partial charge in [-0.05, 0) is 56.0 Å². The summed E-state index contributed by atoms with van der Waals surface area (Å²) in [5, 5.41) is 0.684. The maximum atomic E-state index is 13.2. The molecular formula is C29H35FN4O2S. The molecule has 1 aliphatic heterocycles. The largest absolute Gasteiger partial charge is 0.368 e. The second-order valence-electron chi connectivity index (χ2n) is 9.59. The van der Waals surface area contributed by atoms with Gasteiger partial charge in [0.05, 0.1) is 0 Å². The number of carbonyl (C=O) groups excluding carboxylic acids is 1. The lowest BCUT2D eigenvalue weighted by Gasteiger charge is -2.37. The molecule has 1 aromatic heterocycles. The number of benzene rings is 2. The fraction of sp³-hybridized carbons (Fsp3) is 0.414. The number of nitrogens with zero attached hydrogens (tertiary/aromatic N) is 4. The zero-order chi connectivity index (χ0) is 26.4. The van der Waals surface area contributed by atoms with Crippen molar-refractivity contribution in [2.75, 3.05) is 36.8 Å². The Morgan fingerprint density at radius 2 is 1.70 bits per heavy atom. The van der Waals surface area contributed by atoms with Crippen LogP contribution < -0.4 is 10.5 Å². The molecule has 0 radical (unpaired) electrons. The number of rotatable bonds is 9. The highest BCUT2D eigenvalue weighted by Gasteiger charge is 2.21. The Labute approximate surface area is 222 Å². The van der Waals surface area contributed by atoms with E-state index in [1.54, 1.807) is 35.5 Å². The van der Waals surface area contributed by atoms with Gasteiger partial charge in [-0.25, -0.2) is 9.37 Å². The summed E-state index contributed by atoms with van der Waals surface area (Å²) in [6.07, 6.45) is 2.68. The number of aromatic nitrogens is 2. The van der Waals surface area contributed by atoms with Crippen molar-refractivity contribution in [2.45, 2.75) is 44.7 Å². The second kappa shape index (κ2) is 12.4. The van der Waals surface area contributed by atoms with Crippen LogP contribution in [0.3, 0.4) is 0 Å². The lowest BCUT2D eigenvalue weighted by molar-refractivity contribution is -0.131. The number of halogens is 1. The number of thioether (sulfide) groups is 1. The normalized spacial score (nSPS) is 13.7. The molecule has 0 aliphatic carbocycles. The first-order valence-electron chi connectivity index (χ1n) is 12.9. The number of piperazine rings is 1. The van der Waals surface area contributed by atoms with Crippen molar-refractivity contribution in [1.29, 1.82) is 0 Å². The van der Waals surface area contributed by atoms with E-state index in [-0.39, 0.29) is 17.3 Å². The third kappa shape index (κ3) is 6.80. The molecular weight excluding hydrogens is 487 g/mol. The highest BCUT2D eigenvalue weighted by Crippen LogP contribution is 2.22. The predicted molar refractivity (Wildman–Crippen MR) is 148 cm³/mol. The molecule has 4 rings (SSSR count). The Morgan fingerprint density at radius 1 is 1.00 bits per heavy atom. The van der Waals surface area contributed by atoms with Crippen LogP contribution in [0.4, 0.5) is 10.1 Å². The average Bonchev–Trinajstić information content (AvgIpc) is 2.90. The van der Waals surface area contributed by atoms with E-state index < -0.39 is 0 Å². The van der Waals surface area contributed by atoms with Gasteiger partial charge in [-0.15, -0.1) is 0 Å². The van der Waals surface area contributed by atoms with E-state index in [2.05, 4.69) is 41.1 Å². The lowest BCUT2D eigenvalue weighted by atomic mass is 10.1. The van der Waals surface area contributed by atoms with Crippen LogP contribution >= 0.6 is 11.8 Å². The quantitative estimate of drug-likeness (QED) is 0.231. The summed E-state index contributed by atoms with van der Waals surface area (Å²) in [6.45, 7) is 7.23. The molecule has 0 unspecified atom stereocenters. The van der Waals surface area contributed by atoms with Gasteiger partial charge in [0.25, 0.3) is 5.56 Å². The van der Waals surface area contributed by atoms with Crippen LogP contribution in [0.15, 0.2) is 58.5 Å². The smallest absolute Gasteiger partial charge is 0.257 e. The molecule has 2 heterocycles. The van der Waals surface area contributed by atoms with Crippen LogP contribution in [0.5, 0.6) is 0 Å². The van der Waals surface area contributed by atoms with E-state index in [1.807, 2.05) is 11.8 Å². The predicted octanol–water partition coefficient (Wildman–Crippen LogP) is 4.74. The Bertz CT molecular complexity index is 1280. The van der Waals surface area contributed by atoms with Crippen LogP contribution in [0.2, 0.25) is 0 Å². The van der Waals surface area contributed by atoms with Crippen LogP contribution in [-0.4, -0.2) is 52.3 Å². The summed E-state index contributed by atoms with van der Waals surface area (Å²) in [5.74, 6) is 0.729. The molecule has 0 N–H and O–H groups in total. The minimum absolute atomic E-state index is 0.0701. The lowest BCUT2D eigenvalue weighted by Crippen LogP contribution is -2.48. The number of carbonyl (C=O) groups is 1. The molecule has 6 nitrogen and oxygen atoms in total. The Balaban J connectivity index is 1.21. The summed E-state index contributed by atoms with van der Waals surface area (Å²) < 4.78 is 14.8. The Morgan fingerprint density at radius 3 is 2.41 bits per heavy atom. The van der Waals surface area contributed by atoms with Crippen LogP contribution in [0, 0.1) is 19.7 Å². The first-order valence-corrected chi connectivity index (χ1v) is 13.8. The SMILES string of the molecule is Cc1ccccc1N1CCN(C(=O)CCCCSc2nc(C)c(Cc3ccc(F)cc3)c(=O)n2C)CC1. The molecule has 1 amide bonds. The van der Waals surface area contributed by atoms with Crippen molar-refractivity contribution in [3.63, 3.8) is 0 Å². The van der Waals surface area contributed by atoms with E-state index in [4.69, 9.17) is 0 Å². The van der Waals surface area contributed by atoms with Crippen LogP contribution in [0.25, 0.3) is 0 Å². The van der Waals surface area contributed by atoms with Crippen molar-refractivity contribution in [3.05, 3.63) is 87.1 Å². The number of aryl methyl sites for hydroxylation is 2. The van der Waals surface area contributed by atoms with Gasteiger partial charge in [0.2, 0.25) is 5.91 Å². The highest BCUT2D eigenvalue weighted by atomic mass is 32.2. The van der Waals surface area contributed by atoms with Crippen LogP contribution in [-0.2, 0) is 18.3 Å². The van der Waals surface area contributed by atoms with Gasteiger partial charge < -0.3 is 9.80 Å². The summed E-state index contributed by atoms with van der Waals surface area (Å²) >= 11 is 1.55. The summed E-state index contributed by atoms with van der Waals surface area (Å²) in [4.78, 5) is 34.7. The van der Waals surface area contributed by atoms with Gasteiger partial charge in [-0.2, -0.15) is 0 Å². The molecule has 1 saturated heterocycles. The molecule has 37 heavy (non-hydrogen) atoms. The first kappa shape index (κ1) is 26.9. The number of hydrogen-bond donors (Lipinski definition) is 0. The van der Waals surface area contributed by atoms with Crippen molar-refractivity contribution in [2.24, 2.45) is 7.05 Å². The molecule has 1 aliphatic rings. The highest BCUT2D eigenvalue weighted by molar-refractivity contribution is 7.99. The third-order valence-corrected chi connectivity index (χ3v) is 8.06. The number of anilines is 1. The van der Waals surface area contributed by atoms with E-state index in [1.165, 1.54) is 23.4 Å². The molecule has 0 saturated carbocycles. The number of amides is 1. The zero-order valence-corrected chi connectivity index (χ0v) is 22.7. The number of unbranched alkanes of at least 4 members (excludes halogenated alkanes) is 1. The average molecular weight is 523 g/mol. The minimum Gasteiger partial charge on any atom is -0.368 e. The minimum atomic E-state index is -0.291. The van der Waals surface area contributed by atoms with Gasteiger partial charge in [0.15, 0.2) is 5.16 Å². The van der Waals surface area contributed by atoms with Gasteiger partial charge in [0.1, 0.15) is 5.82 Å². The standard InChI is InChI=1S/C29H35FN4O2S/c1-21-8-4-5-9-26(21)33-15-17-34(18-16-33)27(35)10-6-7-19-37-29-31-22(2)25(28(36)32(29)3)20-23-11-13-24(30)14-12-23/h4-5,8-9,11-14H,6-7,10,15-20H2,1-3H3. The first-order chi connectivity index (χ1) is 17.8. The fourth-order valence-corrected chi connectivity index (χ4v) is 5.69. The topological polar surface area (TPSA) is 58.4 Å². The molecule has 196 valence electrons. The zero-order valence-electron chi connectivity index (χ0n) is 21.9. The van der Waals surface area contributed by atoms with Crippen LogP contribution in [0.1, 0.15) is 41.6 Å². The monoisotopic (exact) mass is 522 g/mol. The Hall–Kier alpha value is -3.13. The maximum Gasteiger partial charge on any atom is 0.257 e. The van der Waals surface area contributed by atoms with E-state index in [9.17, 15) is 14.0 Å². The summed E-state index contributed by atoms with van der Waals surface area (Å²) in [5.41, 5.74) is 4.67. The molecule has 1 fully saturated rings. The molecule has 8 heteroatoms. The van der Waals surface area contributed by atoms with Gasteiger partial charge in [-0.3, -0.25) is 14.2 Å². The Kier molecular flexibility index (Phi) is 9.03. The van der Waals surface area contributed by atoms with Gasteiger partial charge >= 0.3 is 0 Å². The van der Waals surface area contributed by atoms with Crippen molar-refractivity contribution in [3.8, 4) is 0 Å². The molecule has 0 spiro atoms. The fourth-order valence-electron chi connectivity index (χ4n) is 4.68. The van der Waals surface area contributed by atoms with E-state index in [0.29, 0.717) is 29.3 Å². The second-order valence-corrected chi connectivity index (χ2v) is 10.6. The summed E-state index contributed by atoms with van der Waals surface area (Å²) in [6, 6.07) is 14.6. The van der Waals surface area contributed by atoms with Crippen molar-refractivity contribution in [1.82, 2.24) is 14.5 Å². The molecule has 3 aromatic rings. The summed E-state index contributed by atoms with van der Waals surface area (Å²) in [7, 11) is 1.74. The molecule has 0 bridgehead atoms. The molecule has 2 aromatic carbocycles. The third-order valence-electron chi connectivity index (χ3n) is 6.95. The van der Waals surface area contributed by atoms with Crippen molar-refractivity contribution >= 4 is 23.4 Å². The molecule has 0 atom stereocenters. The number of para-hydroxylation sites is 1.